The van der Waals surface area contributed by atoms with Gasteiger partial charge in [0.1, 0.15) is 4.99 Å². The van der Waals surface area contributed by atoms with Gasteiger partial charge in [-0.15, -0.1) is 0 Å². The second-order valence-electron chi connectivity index (χ2n) is 5.72. The van der Waals surface area contributed by atoms with E-state index in [-0.39, 0.29) is 0 Å². The highest BCUT2D eigenvalue weighted by Crippen LogP contribution is 2.28. The summed E-state index contributed by atoms with van der Waals surface area (Å²) in [6.07, 6.45) is 2.60. The Morgan fingerprint density at radius 1 is 1.37 bits per heavy atom. The third kappa shape index (κ3) is 3.45. The van der Waals surface area contributed by atoms with Gasteiger partial charge in [-0.2, -0.15) is 0 Å². The van der Waals surface area contributed by atoms with Crippen LogP contribution in [0.1, 0.15) is 37.3 Å². The summed E-state index contributed by atoms with van der Waals surface area (Å²) in [4.78, 5) is 2.73. The molecule has 1 aliphatic rings. The predicted octanol–water partition coefficient (Wildman–Crippen LogP) is 2.37. The number of nitrogens with zero attached hydrogens (tertiary/aromatic N) is 1. The molecule has 2 rings (SSSR count). The van der Waals surface area contributed by atoms with Crippen molar-refractivity contribution in [3.8, 4) is 0 Å². The Labute approximate surface area is 120 Å². The standard InChI is InChI=1S/C15H22N2OS/c1-11-4-5-12(14(16)19)13(10-11)17-8-3-6-15(2,18)7-9-17/h4-5,10,18H,3,6-9H2,1-2H3,(H2,16,19). The third-order valence-electron chi connectivity index (χ3n) is 3.82. The molecule has 0 amide bonds. The molecule has 0 radical (unpaired) electrons. The Morgan fingerprint density at radius 3 is 2.79 bits per heavy atom. The summed E-state index contributed by atoms with van der Waals surface area (Å²) in [5.41, 5.74) is 8.50. The van der Waals surface area contributed by atoms with Crippen molar-refractivity contribution in [3.63, 3.8) is 0 Å². The van der Waals surface area contributed by atoms with E-state index >= 15 is 0 Å². The maximum Gasteiger partial charge on any atom is 0.106 e. The Morgan fingerprint density at radius 2 is 2.11 bits per heavy atom. The molecule has 1 fully saturated rings. The van der Waals surface area contributed by atoms with Crippen LogP contribution in [-0.2, 0) is 0 Å². The van der Waals surface area contributed by atoms with E-state index in [1.807, 2.05) is 19.1 Å². The van der Waals surface area contributed by atoms with Crippen LogP contribution in [0.25, 0.3) is 0 Å². The number of benzene rings is 1. The van der Waals surface area contributed by atoms with Crippen molar-refractivity contribution in [3.05, 3.63) is 29.3 Å². The maximum absolute atomic E-state index is 10.2. The molecule has 1 aromatic carbocycles. The van der Waals surface area contributed by atoms with E-state index in [0.29, 0.717) is 4.99 Å². The number of rotatable bonds is 2. The maximum atomic E-state index is 10.2. The average molecular weight is 278 g/mol. The van der Waals surface area contributed by atoms with Gasteiger partial charge >= 0.3 is 0 Å². The molecule has 3 N–H and O–H groups in total. The van der Waals surface area contributed by atoms with E-state index in [9.17, 15) is 5.11 Å². The van der Waals surface area contributed by atoms with Crippen LogP contribution in [0.3, 0.4) is 0 Å². The van der Waals surface area contributed by atoms with Gasteiger partial charge in [-0.3, -0.25) is 0 Å². The molecule has 1 aromatic rings. The van der Waals surface area contributed by atoms with Crippen LogP contribution in [0.2, 0.25) is 0 Å². The first-order valence-electron chi connectivity index (χ1n) is 6.77. The summed E-state index contributed by atoms with van der Waals surface area (Å²) in [6, 6.07) is 6.16. The molecule has 0 saturated carbocycles. The van der Waals surface area contributed by atoms with Crippen molar-refractivity contribution < 1.29 is 5.11 Å². The molecule has 4 heteroatoms. The molecule has 0 aromatic heterocycles. The van der Waals surface area contributed by atoms with Gasteiger partial charge in [0.25, 0.3) is 0 Å². The van der Waals surface area contributed by atoms with E-state index in [2.05, 4.69) is 17.9 Å². The fourth-order valence-corrected chi connectivity index (χ4v) is 2.79. The van der Waals surface area contributed by atoms with E-state index in [0.717, 1.165) is 43.6 Å². The molecule has 1 saturated heterocycles. The fourth-order valence-electron chi connectivity index (χ4n) is 2.62. The van der Waals surface area contributed by atoms with Crippen LogP contribution in [0.4, 0.5) is 5.69 Å². The summed E-state index contributed by atoms with van der Waals surface area (Å²) in [7, 11) is 0. The molecule has 1 atom stereocenters. The number of anilines is 1. The Kier molecular flexibility index (Phi) is 4.11. The number of nitrogens with two attached hydrogens (primary N) is 1. The van der Waals surface area contributed by atoms with E-state index in [1.54, 1.807) is 0 Å². The normalized spacial score (nSPS) is 24.1. The van der Waals surface area contributed by atoms with Gasteiger partial charge in [0.05, 0.1) is 5.60 Å². The predicted molar refractivity (Wildman–Crippen MR) is 83.8 cm³/mol. The Hall–Kier alpha value is -1.13. The van der Waals surface area contributed by atoms with Crippen molar-refractivity contribution in [2.45, 2.75) is 38.7 Å². The van der Waals surface area contributed by atoms with Gasteiger partial charge in [0.15, 0.2) is 0 Å². The first kappa shape index (κ1) is 14.3. The summed E-state index contributed by atoms with van der Waals surface area (Å²) < 4.78 is 0. The van der Waals surface area contributed by atoms with Crippen molar-refractivity contribution in [1.82, 2.24) is 0 Å². The number of hydrogen-bond donors (Lipinski definition) is 2. The van der Waals surface area contributed by atoms with Gasteiger partial charge in [-0.05, 0) is 50.8 Å². The number of hydrogen-bond acceptors (Lipinski definition) is 3. The molecule has 104 valence electrons. The highest BCUT2D eigenvalue weighted by Gasteiger charge is 2.26. The quantitative estimate of drug-likeness (QED) is 0.816. The largest absolute Gasteiger partial charge is 0.390 e. The van der Waals surface area contributed by atoms with Crippen LogP contribution in [0.15, 0.2) is 18.2 Å². The van der Waals surface area contributed by atoms with Crippen molar-refractivity contribution in [2.75, 3.05) is 18.0 Å². The van der Waals surface area contributed by atoms with Crippen LogP contribution >= 0.6 is 12.2 Å². The first-order valence-corrected chi connectivity index (χ1v) is 7.18. The molecule has 3 nitrogen and oxygen atoms in total. The number of aliphatic hydroxyl groups is 1. The highest BCUT2D eigenvalue weighted by atomic mass is 32.1. The minimum Gasteiger partial charge on any atom is -0.390 e. The minimum atomic E-state index is -0.554. The van der Waals surface area contributed by atoms with E-state index in [4.69, 9.17) is 18.0 Å². The van der Waals surface area contributed by atoms with Gasteiger partial charge in [0.2, 0.25) is 0 Å². The Bertz CT molecular complexity index is 485. The molecule has 0 spiro atoms. The lowest BCUT2D eigenvalue weighted by atomic mass is 9.98. The lowest BCUT2D eigenvalue weighted by Gasteiger charge is -2.26. The molecule has 1 heterocycles. The SMILES string of the molecule is Cc1ccc(C(N)=S)c(N2CCCC(C)(O)CC2)c1. The zero-order valence-electron chi connectivity index (χ0n) is 11.6. The minimum absolute atomic E-state index is 0.436. The number of aryl methyl sites for hydroxylation is 1. The second kappa shape index (κ2) is 5.47. The molecule has 0 aliphatic carbocycles. The first-order chi connectivity index (χ1) is 8.89. The summed E-state index contributed by atoms with van der Waals surface area (Å²) in [5.74, 6) is 0. The van der Waals surface area contributed by atoms with Crippen molar-refractivity contribution >= 4 is 22.9 Å². The van der Waals surface area contributed by atoms with Crippen LogP contribution in [-0.4, -0.2) is 28.8 Å². The monoisotopic (exact) mass is 278 g/mol. The van der Waals surface area contributed by atoms with Crippen LogP contribution in [0.5, 0.6) is 0 Å². The second-order valence-corrected chi connectivity index (χ2v) is 6.16. The Balaban J connectivity index is 2.30. The third-order valence-corrected chi connectivity index (χ3v) is 4.04. The van der Waals surface area contributed by atoms with Gasteiger partial charge < -0.3 is 15.7 Å². The van der Waals surface area contributed by atoms with Gasteiger partial charge in [0, 0.05) is 24.3 Å². The van der Waals surface area contributed by atoms with Gasteiger partial charge in [-0.1, -0.05) is 18.3 Å². The summed E-state index contributed by atoms with van der Waals surface area (Å²) >= 11 is 5.14. The van der Waals surface area contributed by atoms with E-state index in [1.165, 1.54) is 5.56 Å². The van der Waals surface area contributed by atoms with Crippen LogP contribution < -0.4 is 10.6 Å². The lowest BCUT2D eigenvalue weighted by molar-refractivity contribution is 0.0481. The average Bonchev–Trinajstić information content (AvgIpc) is 2.49. The summed E-state index contributed by atoms with van der Waals surface area (Å²) in [5, 5.41) is 10.2. The van der Waals surface area contributed by atoms with Crippen LogP contribution in [0, 0.1) is 6.92 Å². The molecule has 0 bridgehead atoms. The molecule has 19 heavy (non-hydrogen) atoms. The fraction of sp³-hybridized carbons (Fsp3) is 0.533. The zero-order valence-corrected chi connectivity index (χ0v) is 12.5. The van der Waals surface area contributed by atoms with Crippen molar-refractivity contribution in [2.24, 2.45) is 5.73 Å². The van der Waals surface area contributed by atoms with Crippen molar-refractivity contribution in [1.29, 1.82) is 0 Å². The molecular weight excluding hydrogens is 256 g/mol. The zero-order chi connectivity index (χ0) is 14.0. The topological polar surface area (TPSA) is 49.5 Å². The highest BCUT2D eigenvalue weighted by molar-refractivity contribution is 7.80. The molecule has 1 aliphatic heterocycles. The lowest BCUT2D eigenvalue weighted by Crippen LogP contribution is -2.29. The molecule has 1 unspecified atom stereocenters. The van der Waals surface area contributed by atoms with E-state index < -0.39 is 5.60 Å². The molecular formula is C15H22N2OS. The van der Waals surface area contributed by atoms with Gasteiger partial charge in [-0.25, -0.2) is 0 Å². The summed E-state index contributed by atoms with van der Waals surface area (Å²) in [6.45, 7) is 5.77. The smallest absolute Gasteiger partial charge is 0.106 e. The number of thiocarbonyl (C=S) groups is 1.